The number of aromatic nitrogens is 2. The predicted molar refractivity (Wildman–Crippen MR) is 321 cm³/mol. The number of nitrogens with zero attached hydrogens (tertiary/aromatic N) is 4. The van der Waals surface area contributed by atoms with Gasteiger partial charge in [0.25, 0.3) is 0 Å². The van der Waals surface area contributed by atoms with E-state index in [2.05, 4.69) is 220 Å². The number of fused-ring (bicyclic) bond motifs is 6. The zero-order chi connectivity index (χ0) is 53.6. The smallest absolute Gasteiger partial charge is 0.0991 e. The van der Waals surface area contributed by atoms with Gasteiger partial charge in [0.05, 0.1) is 51.2 Å². The van der Waals surface area contributed by atoms with Gasteiger partial charge in [-0.05, 0) is 177 Å². The van der Waals surface area contributed by atoms with Gasteiger partial charge in [-0.3, -0.25) is 0 Å². The second kappa shape index (κ2) is 19.1. The zero-order valence-corrected chi connectivity index (χ0v) is 47.8. The highest BCUT2D eigenvalue weighted by Crippen LogP contribution is 2.57. The van der Waals surface area contributed by atoms with Crippen molar-refractivity contribution in [3.63, 3.8) is 0 Å². The van der Waals surface area contributed by atoms with Gasteiger partial charge < -0.3 is 9.13 Å². The Balaban J connectivity index is 1.44. The van der Waals surface area contributed by atoms with Gasteiger partial charge in [0.2, 0.25) is 0 Å². The second-order valence-electron chi connectivity index (χ2n) is 27.3. The van der Waals surface area contributed by atoms with Crippen LogP contribution < -0.4 is 0 Å². The maximum atomic E-state index is 10.4. The molecule has 3 aliphatic carbocycles. The van der Waals surface area contributed by atoms with Crippen LogP contribution in [0, 0.1) is 34.0 Å². The first-order valence-corrected chi connectivity index (χ1v) is 28.9. The number of nitriles is 2. The van der Waals surface area contributed by atoms with Crippen molar-refractivity contribution in [1.29, 1.82) is 10.5 Å². The number of hydrogen-bond donors (Lipinski definition) is 0. The van der Waals surface area contributed by atoms with Gasteiger partial charge in [0.1, 0.15) is 0 Å². The third-order valence-corrected chi connectivity index (χ3v) is 18.1. The molecule has 0 radical (unpaired) electrons. The average Bonchev–Trinajstić information content (AvgIpc) is 3.92. The molecule has 0 N–H and O–H groups in total. The van der Waals surface area contributed by atoms with Crippen molar-refractivity contribution >= 4 is 38.8 Å². The Bertz CT molecular complexity index is 3590. The fourth-order valence-electron chi connectivity index (χ4n) is 13.6. The van der Waals surface area contributed by atoms with Crippen molar-refractivity contribution in [2.75, 3.05) is 0 Å². The van der Waals surface area contributed by atoms with Crippen molar-refractivity contribution in [3.8, 4) is 45.8 Å². The average molecular weight is 1000 g/mol. The van der Waals surface area contributed by atoms with Gasteiger partial charge in [-0.15, -0.1) is 0 Å². The van der Waals surface area contributed by atoms with Crippen LogP contribution in [-0.2, 0) is 22.7 Å². The summed E-state index contributed by atoms with van der Waals surface area (Å²) in [5, 5.41) is 24.7. The number of allylic oxidation sites excluding steroid dienone is 1. The standard InChI is InChI=1S/C72H80N4/c1-69(2,3)51-31-35-59-55(39-51)56-40-52(70(4,5)6)32-36-60(56)75(59)67-64(49-27-23-45(43-73)24-28-49)63(47-19-15-13-16-20-47)65(50-29-25-46(44-74)26-30-50)68(66(67)48-21-17-14-18-22-48)76-61-37-33-53(71(7,8)9)41-57(61)58-42-54(72(10,11)12)34-38-62(58)76/h23-41,47-48,54H,13-22,42H2,1-12H3. The third kappa shape index (κ3) is 9.02. The highest BCUT2D eigenvalue weighted by Gasteiger charge is 2.39. The molecule has 6 aromatic carbocycles. The van der Waals surface area contributed by atoms with Crippen LogP contribution >= 0.6 is 0 Å². The lowest BCUT2D eigenvalue weighted by molar-refractivity contribution is 0.291. The molecule has 1 unspecified atom stereocenters. The van der Waals surface area contributed by atoms with Crippen LogP contribution in [-0.4, -0.2) is 9.13 Å². The molecule has 0 aliphatic heterocycles. The van der Waals surface area contributed by atoms with Crippen LogP contribution in [0.5, 0.6) is 0 Å². The van der Waals surface area contributed by atoms with Crippen LogP contribution in [0.3, 0.4) is 0 Å². The summed E-state index contributed by atoms with van der Waals surface area (Å²) in [5.41, 5.74) is 22.2. The Morgan fingerprint density at radius 3 is 1.25 bits per heavy atom. The maximum absolute atomic E-state index is 10.4. The van der Waals surface area contributed by atoms with E-state index in [0.717, 1.165) is 43.2 Å². The molecule has 1 atom stereocenters. The van der Waals surface area contributed by atoms with Crippen molar-refractivity contribution in [2.45, 2.75) is 182 Å². The summed E-state index contributed by atoms with van der Waals surface area (Å²) in [5.74, 6) is 0.899. The van der Waals surface area contributed by atoms with Crippen LogP contribution in [0.15, 0.2) is 109 Å². The molecule has 2 fully saturated rings. The number of benzene rings is 6. The Kier molecular flexibility index (Phi) is 13.0. The minimum absolute atomic E-state index is 0.0294. The SMILES string of the molecule is CC(C)(C)c1ccc2c(c1)c1c(n2-c2c(-c3ccc(C#N)cc3)c(C3CCCCC3)c(-c3ccc(C#N)cc3)c(-n3c4ccc(C(C)(C)C)cc4c4cc(C(C)(C)C)ccc43)c2C2CCCCC2)C=CC(C(C)(C)C)C1. The van der Waals surface area contributed by atoms with E-state index in [4.69, 9.17) is 0 Å². The summed E-state index contributed by atoms with van der Waals surface area (Å²) in [6, 6.07) is 44.4. The summed E-state index contributed by atoms with van der Waals surface area (Å²) in [6.07, 6.45) is 17.6. The molecule has 4 heteroatoms. The first-order chi connectivity index (χ1) is 36.1. The molecule has 0 bridgehead atoms. The van der Waals surface area contributed by atoms with Crippen molar-refractivity contribution in [2.24, 2.45) is 11.3 Å². The number of rotatable bonds is 6. The predicted octanol–water partition coefficient (Wildman–Crippen LogP) is 20.0. The zero-order valence-electron chi connectivity index (χ0n) is 47.8. The van der Waals surface area contributed by atoms with E-state index >= 15 is 0 Å². The quantitative estimate of drug-likeness (QED) is 0.167. The molecule has 76 heavy (non-hydrogen) atoms. The molecular weight excluding hydrogens is 921 g/mol. The van der Waals surface area contributed by atoms with Crippen LogP contribution in [0.2, 0.25) is 0 Å². The summed E-state index contributed by atoms with van der Waals surface area (Å²) < 4.78 is 5.51. The lowest BCUT2D eigenvalue weighted by atomic mass is 9.72. The largest absolute Gasteiger partial charge is 0.309 e. The first kappa shape index (κ1) is 51.5. The molecule has 4 nitrogen and oxygen atoms in total. The van der Waals surface area contributed by atoms with Gasteiger partial charge in [0, 0.05) is 38.5 Å². The Morgan fingerprint density at radius 1 is 0.447 bits per heavy atom. The molecule has 388 valence electrons. The van der Waals surface area contributed by atoms with Crippen molar-refractivity contribution in [1.82, 2.24) is 9.13 Å². The fourth-order valence-corrected chi connectivity index (χ4v) is 13.6. The van der Waals surface area contributed by atoms with E-state index in [1.807, 2.05) is 0 Å². The number of hydrogen-bond acceptors (Lipinski definition) is 2. The molecule has 0 amide bonds. The molecular formula is C72H80N4. The van der Waals surface area contributed by atoms with Crippen LogP contribution in [0.25, 0.3) is 72.4 Å². The molecule has 11 rings (SSSR count). The molecule has 0 spiro atoms. The molecule has 2 heterocycles. The normalized spacial score (nSPS) is 17.1. The Morgan fingerprint density at radius 2 is 0.842 bits per heavy atom. The molecule has 0 saturated heterocycles. The Labute approximate surface area is 454 Å². The first-order valence-electron chi connectivity index (χ1n) is 28.9. The van der Waals surface area contributed by atoms with E-state index < -0.39 is 0 Å². The highest BCUT2D eigenvalue weighted by molar-refractivity contribution is 6.11. The van der Waals surface area contributed by atoms with Gasteiger partial charge in [0.15, 0.2) is 0 Å². The minimum Gasteiger partial charge on any atom is -0.309 e. The molecule has 8 aromatic rings. The van der Waals surface area contributed by atoms with E-state index in [1.165, 1.54) is 133 Å². The minimum atomic E-state index is -0.0455. The molecule has 2 saturated carbocycles. The van der Waals surface area contributed by atoms with E-state index in [0.29, 0.717) is 17.0 Å². The maximum Gasteiger partial charge on any atom is 0.0991 e. The van der Waals surface area contributed by atoms with Gasteiger partial charge in [-0.1, -0.05) is 170 Å². The Hall–Kier alpha value is -6.62. The van der Waals surface area contributed by atoms with Crippen LogP contribution in [0.1, 0.15) is 209 Å². The second-order valence-corrected chi connectivity index (χ2v) is 27.3. The van der Waals surface area contributed by atoms with E-state index in [-0.39, 0.29) is 33.5 Å². The third-order valence-electron chi connectivity index (χ3n) is 18.1. The van der Waals surface area contributed by atoms with E-state index in [9.17, 15) is 10.5 Å². The summed E-state index contributed by atoms with van der Waals surface area (Å²) >= 11 is 0. The van der Waals surface area contributed by atoms with Gasteiger partial charge >= 0.3 is 0 Å². The highest BCUT2D eigenvalue weighted by atomic mass is 15.0. The van der Waals surface area contributed by atoms with Crippen molar-refractivity contribution in [3.05, 3.63) is 159 Å². The summed E-state index contributed by atoms with van der Waals surface area (Å²) in [4.78, 5) is 0. The van der Waals surface area contributed by atoms with Crippen LogP contribution in [0.4, 0.5) is 0 Å². The fraction of sp³-hybridized carbons (Fsp3) is 0.417. The lowest BCUT2D eigenvalue weighted by Crippen LogP contribution is -2.23. The van der Waals surface area contributed by atoms with Gasteiger partial charge in [-0.25, -0.2) is 0 Å². The molecule has 2 aromatic heterocycles. The summed E-state index contributed by atoms with van der Waals surface area (Å²) in [7, 11) is 0. The van der Waals surface area contributed by atoms with E-state index in [1.54, 1.807) is 0 Å². The monoisotopic (exact) mass is 1000 g/mol. The lowest BCUT2D eigenvalue weighted by Gasteiger charge is -2.37. The topological polar surface area (TPSA) is 57.4 Å². The molecule has 3 aliphatic rings. The van der Waals surface area contributed by atoms with Gasteiger partial charge in [-0.2, -0.15) is 10.5 Å². The summed E-state index contributed by atoms with van der Waals surface area (Å²) in [6.45, 7) is 28.3. The van der Waals surface area contributed by atoms with Crippen molar-refractivity contribution < 1.29 is 0 Å².